The molecule has 1 aromatic heterocycles. The summed E-state index contributed by atoms with van der Waals surface area (Å²) in [7, 11) is 0. The molecule has 2 aromatic rings. The SMILES string of the molecule is O=C(CCc1cccnc1)N[C@@H]1CN(C(=O)c2ccc(F)cc2)C[C@H]1C1CC1. The maximum atomic E-state index is 13.1. The van der Waals surface area contributed by atoms with Crippen molar-refractivity contribution < 1.29 is 14.0 Å². The van der Waals surface area contributed by atoms with Crippen LogP contribution in [0.4, 0.5) is 4.39 Å². The molecular weight excluding hydrogens is 357 g/mol. The smallest absolute Gasteiger partial charge is 0.253 e. The summed E-state index contributed by atoms with van der Waals surface area (Å²) < 4.78 is 13.1. The molecule has 2 aliphatic rings. The number of rotatable bonds is 6. The number of nitrogens with one attached hydrogen (secondary N) is 1. The molecule has 1 aromatic carbocycles. The first-order valence-corrected chi connectivity index (χ1v) is 9.83. The summed E-state index contributed by atoms with van der Waals surface area (Å²) >= 11 is 0. The number of hydrogen-bond acceptors (Lipinski definition) is 3. The van der Waals surface area contributed by atoms with E-state index >= 15 is 0 Å². The molecule has 1 aliphatic heterocycles. The fraction of sp³-hybridized carbons (Fsp3) is 0.409. The van der Waals surface area contributed by atoms with Crippen LogP contribution in [-0.4, -0.2) is 40.8 Å². The summed E-state index contributed by atoms with van der Waals surface area (Å²) in [6.07, 6.45) is 6.87. The van der Waals surface area contributed by atoms with Crippen LogP contribution in [0.2, 0.25) is 0 Å². The minimum atomic E-state index is -0.354. The third-order valence-electron chi connectivity index (χ3n) is 5.68. The van der Waals surface area contributed by atoms with Crippen molar-refractivity contribution in [3.63, 3.8) is 0 Å². The Morgan fingerprint density at radius 1 is 1.14 bits per heavy atom. The van der Waals surface area contributed by atoms with Crippen molar-refractivity contribution in [1.82, 2.24) is 15.2 Å². The van der Waals surface area contributed by atoms with Crippen molar-refractivity contribution in [2.24, 2.45) is 11.8 Å². The van der Waals surface area contributed by atoms with Crippen molar-refractivity contribution in [1.29, 1.82) is 0 Å². The summed E-state index contributed by atoms with van der Waals surface area (Å²) in [5, 5.41) is 3.15. The van der Waals surface area contributed by atoms with Gasteiger partial charge in [0.25, 0.3) is 5.91 Å². The van der Waals surface area contributed by atoms with E-state index in [1.165, 1.54) is 24.3 Å². The second-order valence-corrected chi connectivity index (χ2v) is 7.75. The Hall–Kier alpha value is -2.76. The molecule has 4 rings (SSSR count). The van der Waals surface area contributed by atoms with Crippen molar-refractivity contribution >= 4 is 11.8 Å². The molecule has 0 spiro atoms. The average molecular weight is 381 g/mol. The first-order valence-electron chi connectivity index (χ1n) is 9.83. The van der Waals surface area contributed by atoms with Crippen LogP contribution in [-0.2, 0) is 11.2 Å². The van der Waals surface area contributed by atoms with Crippen LogP contribution in [0.3, 0.4) is 0 Å². The Bertz CT molecular complexity index is 837. The van der Waals surface area contributed by atoms with Crippen molar-refractivity contribution in [3.05, 3.63) is 65.7 Å². The molecule has 5 nitrogen and oxygen atoms in total. The van der Waals surface area contributed by atoms with E-state index in [2.05, 4.69) is 10.3 Å². The molecule has 2 amide bonds. The number of likely N-dealkylation sites (tertiary alicyclic amines) is 1. The molecule has 0 radical (unpaired) electrons. The first kappa shape index (κ1) is 18.6. The van der Waals surface area contributed by atoms with Gasteiger partial charge in [0.15, 0.2) is 0 Å². The number of nitrogens with zero attached hydrogens (tertiary/aromatic N) is 2. The number of amides is 2. The molecule has 0 bridgehead atoms. The van der Waals surface area contributed by atoms with E-state index in [-0.39, 0.29) is 23.7 Å². The number of benzene rings is 1. The molecule has 1 saturated heterocycles. The topological polar surface area (TPSA) is 62.3 Å². The van der Waals surface area contributed by atoms with E-state index in [9.17, 15) is 14.0 Å². The third-order valence-corrected chi connectivity index (χ3v) is 5.68. The number of carbonyl (C=O) groups excluding carboxylic acids is 2. The molecular formula is C22H24FN3O2. The predicted octanol–water partition coefficient (Wildman–Crippen LogP) is 2.82. The molecule has 2 atom stereocenters. The van der Waals surface area contributed by atoms with Crippen LogP contribution in [0.15, 0.2) is 48.8 Å². The van der Waals surface area contributed by atoms with Crippen LogP contribution in [0, 0.1) is 17.7 Å². The highest BCUT2D eigenvalue weighted by atomic mass is 19.1. The van der Waals surface area contributed by atoms with Gasteiger partial charge in [-0.3, -0.25) is 14.6 Å². The van der Waals surface area contributed by atoms with Crippen molar-refractivity contribution in [2.45, 2.75) is 31.7 Å². The van der Waals surface area contributed by atoms with E-state index in [1.807, 2.05) is 12.1 Å². The maximum Gasteiger partial charge on any atom is 0.253 e. The highest BCUT2D eigenvalue weighted by Crippen LogP contribution is 2.41. The number of aromatic nitrogens is 1. The number of halogens is 1. The average Bonchev–Trinajstić information content (AvgIpc) is 3.48. The fourth-order valence-corrected chi connectivity index (χ4v) is 4.01. The Morgan fingerprint density at radius 2 is 1.93 bits per heavy atom. The van der Waals surface area contributed by atoms with Gasteiger partial charge in [-0.15, -0.1) is 0 Å². The van der Waals surface area contributed by atoms with Crippen LogP contribution in [0.25, 0.3) is 0 Å². The highest BCUT2D eigenvalue weighted by molar-refractivity contribution is 5.94. The second kappa shape index (κ2) is 8.09. The normalized spacial score (nSPS) is 21.5. The van der Waals surface area contributed by atoms with Gasteiger partial charge >= 0.3 is 0 Å². The predicted molar refractivity (Wildman–Crippen MR) is 103 cm³/mol. The molecule has 146 valence electrons. The van der Waals surface area contributed by atoms with E-state index in [4.69, 9.17) is 0 Å². The fourth-order valence-electron chi connectivity index (χ4n) is 4.01. The zero-order valence-corrected chi connectivity index (χ0v) is 15.7. The second-order valence-electron chi connectivity index (χ2n) is 7.75. The standard InChI is InChI=1S/C22H24FN3O2/c23-18-8-6-17(7-9-18)22(28)26-13-19(16-4-5-16)20(14-26)25-21(27)10-3-15-2-1-11-24-12-15/h1-2,6-9,11-12,16,19-20H,3-5,10,13-14H2,(H,25,27)/t19-,20+/m0/s1. The molecule has 1 saturated carbocycles. The van der Waals surface area contributed by atoms with Crippen molar-refractivity contribution in [3.8, 4) is 0 Å². The molecule has 2 fully saturated rings. The van der Waals surface area contributed by atoms with Gasteiger partial charge in [0.2, 0.25) is 5.91 Å². The first-order chi connectivity index (χ1) is 13.6. The Morgan fingerprint density at radius 3 is 2.61 bits per heavy atom. The molecule has 6 heteroatoms. The lowest BCUT2D eigenvalue weighted by atomic mass is 9.98. The minimum Gasteiger partial charge on any atom is -0.351 e. The number of carbonyl (C=O) groups is 2. The largest absolute Gasteiger partial charge is 0.351 e. The number of aryl methyl sites for hydroxylation is 1. The summed E-state index contributed by atoms with van der Waals surface area (Å²) in [6.45, 7) is 1.16. The van der Waals surface area contributed by atoms with Gasteiger partial charge in [-0.1, -0.05) is 6.07 Å². The molecule has 0 unspecified atom stereocenters. The number of hydrogen-bond donors (Lipinski definition) is 1. The summed E-state index contributed by atoms with van der Waals surface area (Å²) in [5.41, 5.74) is 1.52. The Labute approximate surface area is 164 Å². The molecule has 28 heavy (non-hydrogen) atoms. The van der Waals surface area contributed by atoms with E-state index < -0.39 is 0 Å². The lowest BCUT2D eigenvalue weighted by Gasteiger charge is -2.19. The Balaban J connectivity index is 1.36. The molecule has 2 heterocycles. The number of pyridine rings is 1. The van der Waals surface area contributed by atoms with Crippen molar-refractivity contribution in [2.75, 3.05) is 13.1 Å². The van der Waals surface area contributed by atoms with Gasteiger partial charge < -0.3 is 10.2 Å². The third kappa shape index (κ3) is 4.38. The van der Waals surface area contributed by atoms with E-state index in [1.54, 1.807) is 17.3 Å². The van der Waals surface area contributed by atoms with Crippen LogP contribution < -0.4 is 5.32 Å². The van der Waals surface area contributed by atoms with Gasteiger partial charge in [-0.25, -0.2) is 4.39 Å². The van der Waals surface area contributed by atoms with Crippen LogP contribution >= 0.6 is 0 Å². The van der Waals surface area contributed by atoms with Gasteiger partial charge in [0.05, 0.1) is 6.04 Å². The monoisotopic (exact) mass is 381 g/mol. The lowest BCUT2D eigenvalue weighted by Crippen LogP contribution is -2.41. The van der Waals surface area contributed by atoms with Gasteiger partial charge in [-0.05, 0) is 61.1 Å². The van der Waals surface area contributed by atoms with Gasteiger partial charge in [0, 0.05) is 43.4 Å². The van der Waals surface area contributed by atoms with Gasteiger partial charge in [-0.2, -0.15) is 0 Å². The lowest BCUT2D eigenvalue weighted by molar-refractivity contribution is -0.122. The minimum absolute atomic E-state index is 0.00980. The van der Waals surface area contributed by atoms with Gasteiger partial charge in [0.1, 0.15) is 5.82 Å². The summed E-state index contributed by atoms with van der Waals surface area (Å²) in [5.74, 6) is 0.433. The highest BCUT2D eigenvalue weighted by Gasteiger charge is 2.44. The molecule has 1 aliphatic carbocycles. The van der Waals surface area contributed by atoms with Crippen LogP contribution in [0.5, 0.6) is 0 Å². The Kier molecular flexibility index (Phi) is 5.37. The zero-order valence-electron chi connectivity index (χ0n) is 15.7. The maximum absolute atomic E-state index is 13.1. The quantitative estimate of drug-likeness (QED) is 0.837. The summed E-state index contributed by atoms with van der Waals surface area (Å²) in [6, 6.07) is 9.46. The molecule has 1 N–H and O–H groups in total. The van der Waals surface area contributed by atoms with E-state index in [0.29, 0.717) is 43.3 Å². The zero-order chi connectivity index (χ0) is 19.5. The van der Waals surface area contributed by atoms with Crippen LogP contribution in [0.1, 0.15) is 35.2 Å². The summed E-state index contributed by atoms with van der Waals surface area (Å²) in [4.78, 5) is 31.1. The van der Waals surface area contributed by atoms with E-state index in [0.717, 1.165) is 18.4 Å².